The van der Waals surface area contributed by atoms with Gasteiger partial charge >= 0.3 is 0 Å². The smallest absolute Gasteiger partial charge is 0.229 e. The summed E-state index contributed by atoms with van der Waals surface area (Å²) in [5, 5.41) is 0. The average Bonchev–Trinajstić information content (AvgIpc) is 2.36. The molecule has 0 saturated carbocycles. The Morgan fingerprint density at radius 2 is 1.95 bits per heavy atom. The van der Waals surface area contributed by atoms with Crippen LogP contribution in [0.2, 0.25) is 0 Å². The number of hydrogen-bond donors (Lipinski definition) is 0. The number of anilines is 1. The van der Waals surface area contributed by atoms with Crippen molar-refractivity contribution < 1.29 is 4.79 Å². The van der Waals surface area contributed by atoms with E-state index in [1.165, 1.54) is 5.56 Å². The van der Waals surface area contributed by atoms with Crippen molar-refractivity contribution in [2.45, 2.75) is 39.5 Å². The highest BCUT2D eigenvalue weighted by Gasteiger charge is 2.24. The third-order valence-corrected chi connectivity index (χ3v) is 3.35. The van der Waals surface area contributed by atoms with Gasteiger partial charge in [-0.1, -0.05) is 52.0 Å². The SMILES string of the molecule is C=CCC(C)C(=O)N(C)c1ccccc1C(C)(C)C. The standard InChI is InChI=1S/C17H25NO/c1-7-10-13(2)16(19)18(6)15-12-9-8-11-14(15)17(3,4)5/h7-9,11-13H,1,10H2,2-6H3. The molecule has 2 nitrogen and oxygen atoms in total. The van der Waals surface area contributed by atoms with E-state index >= 15 is 0 Å². The molecular weight excluding hydrogens is 234 g/mol. The third kappa shape index (κ3) is 3.69. The molecule has 104 valence electrons. The van der Waals surface area contributed by atoms with Gasteiger partial charge in [-0.15, -0.1) is 6.58 Å². The predicted molar refractivity (Wildman–Crippen MR) is 82.5 cm³/mol. The van der Waals surface area contributed by atoms with E-state index in [1.807, 2.05) is 32.2 Å². The zero-order valence-electron chi connectivity index (χ0n) is 12.7. The summed E-state index contributed by atoms with van der Waals surface area (Å²) in [4.78, 5) is 14.2. The van der Waals surface area contributed by atoms with Gasteiger partial charge in [-0.25, -0.2) is 0 Å². The van der Waals surface area contributed by atoms with Gasteiger partial charge in [-0.2, -0.15) is 0 Å². The molecule has 1 rings (SSSR count). The van der Waals surface area contributed by atoms with Crippen LogP contribution in [0.5, 0.6) is 0 Å². The Morgan fingerprint density at radius 1 is 1.37 bits per heavy atom. The minimum atomic E-state index is -0.0319. The minimum absolute atomic E-state index is 0.0206. The Balaban J connectivity index is 3.10. The van der Waals surface area contributed by atoms with Gasteiger partial charge in [0.2, 0.25) is 5.91 Å². The number of rotatable bonds is 4. The molecular formula is C17H25NO. The fraction of sp³-hybridized carbons (Fsp3) is 0.471. The number of carbonyl (C=O) groups is 1. The van der Waals surface area contributed by atoms with Crippen LogP contribution in [0, 0.1) is 5.92 Å². The molecule has 0 aromatic heterocycles. The molecule has 1 aromatic carbocycles. The number of carbonyl (C=O) groups excluding carboxylic acids is 1. The molecule has 0 aliphatic heterocycles. The summed E-state index contributed by atoms with van der Waals surface area (Å²) < 4.78 is 0. The number of amides is 1. The van der Waals surface area contributed by atoms with E-state index in [2.05, 4.69) is 33.4 Å². The molecule has 0 saturated heterocycles. The third-order valence-electron chi connectivity index (χ3n) is 3.35. The molecule has 0 fully saturated rings. The normalized spacial score (nSPS) is 12.9. The predicted octanol–water partition coefficient (Wildman–Crippen LogP) is 4.16. The molecule has 0 spiro atoms. The molecule has 0 radical (unpaired) electrons. The van der Waals surface area contributed by atoms with Crippen LogP contribution >= 0.6 is 0 Å². The van der Waals surface area contributed by atoms with Crippen molar-refractivity contribution in [3.63, 3.8) is 0 Å². The molecule has 0 bridgehead atoms. The minimum Gasteiger partial charge on any atom is -0.315 e. The van der Waals surface area contributed by atoms with Crippen molar-refractivity contribution in [1.29, 1.82) is 0 Å². The lowest BCUT2D eigenvalue weighted by Crippen LogP contribution is -2.33. The van der Waals surface area contributed by atoms with Crippen molar-refractivity contribution in [2.75, 3.05) is 11.9 Å². The van der Waals surface area contributed by atoms with Gasteiger partial charge in [0.15, 0.2) is 0 Å². The van der Waals surface area contributed by atoms with Crippen LogP contribution in [0.1, 0.15) is 39.7 Å². The molecule has 1 atom stereocenters. The van der Waals surface area contributed by atoms with E-state index < -0.39 is 0 Å². The van der Waals surface area contributed by atoms with Crippen molar-refractivity contribution in [2.24, 2.45) is 5.92 Å². The summed E-state index contributed by atoms with van der Waals surface area (Å²) in [6.45, 7) is 12.1. The second kappa shape index (κ2) is 6.05. The van der Waals surface area contributed by atoms with E-state index in [-0.39, 0.29) is 17.2 Å². The Hall–Kier alpha value is -1.57. The van der Waals surface area contributed by atoms with Crippen molar-refractivity contribution in [3.05, 3.63) is 42.5 Å². The quantitative estimate of drug-likeness (QED) is 0.743. The van der Waals surface area contributed by atoms with Gasteiger partial charge in [-0.3, -0.25) is 4.79 Å². The maximum atomic E-state index is 12.4. The number of hydrogen-bond acceptors (Lipinski definition) is 1. The number of nitrogens with zero attached hydrogens (tertiary/aromatic N) is 1. The van der Waals surface area contributed by atoms with E-state index in [9.17, 15) is 4.79 Å². The largest absolute Gasteiger partial charge is 0.315 e. The average molecular weight is 259 g/mol. The summed E-state index contributed by atoms with van der Waals surface area (Å²) in [6.07, 6.45) is 2.51. The summed E-state index contributed by atoms with van der Waals surface area (Å²) in [7, 11) is 1.85. The number of allylic oxidation sites excluding steroid dienone is 1. The maximum Gasteiger partial charge on any atom is 0.229 e. The summed E-state index contributed by atoms with van der Waals surface area (Å²) in [5.41, 5.74) is 2.21. The molecule has 0 heterocycles. The topological polar surface area (TPSA) is 20.3 Å². The molecule has 0 N–H and O–H groups in total. The van der Waals surface area contributed by atoms with Crippen LogP contribution in [-0.2, 0) is 10.2 Å². The second-order valence-corrected chi connectivity index (χ2v) is 6.09. The van der Waals surface area contributed by atoms with Crippen molar-refractivity contribution >= 4 is 11.6 Å². The van der Waals surface area contributed by atoms with Crippen LogP contribution in [0.3, 0.4) is 0 Å². The van der Waals surface area contributed by atoms with Crippen LogP contribution in [0.4, 0.5) is 5.69 Å². The Labute approximate surface area is 117 Å². The molecule has 1 amide bonds. The molecule has 2 heteroatoms. The summed E-state index contributed by atoms with van der Waals surface area (Å²) in [5.74, 6) is 0.104. The van der Waals surface area contributed by atoms with E-state index in [0.29, 0.717) is 6.42 Å². The Morgan fingerprint density at radius 3 is 2.47 bits per heavy atom. The van der Waals surface area contributed by atoms with Crippen LogP contribution < -0.4 is 4.90 Å². The van der Waals surface area contributed by atoms with Gasteiger partial charge in [0.25, 0.3) is 0 Å². The first-order chi connectivity index (χ1) is 8.79. The maximum absolute atomic E-state index is 12.4. The first-order valence-corrected chi connectivity index (χ1v) is 6.77. The monoisotopic (exact) mass is 259 g/mol. The van der Waals surface area contributed by atoms with Crippen molar-refractivity contribution in [1.82, 2.24) is 0 Å². The number of para-hydroxylation sites is 1. The fourth-order valence-corrected chi connectivity index (χ4v) is 2.20. The zero-order valence-corrected chi connectivity index (χ0v) is 12.7. The zero-order chi connectivity index (χ0) is 14.6. The molecule has 0 aliphatic rings. The van der Waals surface area contributed by atoms with Crippen LogP contribution in [0.15, 0.2) is 36.9 Å². The summed E-state index contributed by atoms with van der Waals surface area (Å²) >= 11 is 0. The first kappa shape index (κ1) is 15.5. The second-order valence-electron chi connectivity index (χ2n) is 6.09. The van der Waals surface area contributed by atoms with Crippen LogP contribution in [-0.4, -0.2) is 13.0 Å². The van der Waals surface area contributed by atoms with Crippen molar-refractivity contribution in [3.8, 4) is 0 Å². The lowest BCUT2D eigenvalue weighted by molar-refractivity contribution is -0.121. The Bertz CT molecular complexity index is 457. The Kier molecular flexibility index (Phi) is 4.93. The van der Waals surface area contributed by atoms with E-state index in [0.717, 1.165) is 5.69 Å². The van der Waals surface area contributed by atoms with Gasteiger partial charge in [-0.05, 0) is 23.5 Å². The molecule has 19 heavy (non-hydrogen) atoms. The molecule has 1 unspecified atom stereocenters. The fourth-order valence-electron chi connectivity index (χ4n) is 2.20. The summed E-state index contributed by atoms with van der Waals surface area (Å²) in [6, 6.07) is 8.11. The van der Waals surface area contributed by atoms with E-state index in [1.54, 1.807) is 11.0 Å². The van der Waals surface area contributed by atoms with Gasteiger partial charge in [0, 0.05) is 18.7 Å². The number of benzene rings is 1. The van der Waals surface area contributed by atoms with Gasteiger partial charge < -0.3 is 4.90 Å². The molecule has 1 aromatic rings. The lowest BCUT2D eigenvalue weighted by Gasteiger charge is -2.29. The van der Waals surface area contributed by atoms with E-state index in [4.69, 9.17) is 0 Å². The van der Waals surface area contributed by atoms with Gasteiger partial charge in [0.1, 0.15) is 0 Å². The highest BCUT2D eigenvalue weighted by atomic mass is 16.2. The first-order valence-electron chi connectivity index (χ1n) is 6.77. The molecule has 0 aliphatic carbocycles. The van der Waals surface area contributed by atoms with Crippen LogP contribution in [0.25, 0.3) is 0 Å². The van der Waals surface area contributed by atoms with Gasteiger partial charge in [0.05, 0.1) is 0 Å². The highest BCUT2D eigenvalue weighted by Crippen LogP contribution is 2.32. The lowest BCUT2D eigenvalue weighted by atomic mass is 9.85. The highest BCUT2D eigenvalue weighted by molar-refractivity contribution is 5.95.